The van der Waals surface area contributed by atoms with Crippen LogP contribution < -0.4 is 0 Å². The van der Waals surface area contributed by atoms with Gasteiger partial charge in [0.15, 0.2) is 0 Å². The van der Waals surface area contributed by atoms with E-state index in [1.54, 1.807) is 0 Å². The number of phenols is 2. The molecular formula is C21H16O2. The molecule has 0 atom stereocenters. The zero-order valence-electron chi connectivity index (χ0n) is 12.5. The van der Waals surface area contributed by atoms with Gasteiger partial charge in [0.25, 0.3) is 0 Å². The molecule has 2 N–H and O–H groups in total. The van der Waals surface area contributed by atoms with Gasteiger partial charge >= 0.3 is 0 Å². The molecule has 0 spiro atoms. The lowest BCUT2D eigenvalue weighted by molar-refractivity contribution is 0.469. The van der Waals surface area contributed by atoms with Crippen molar-refractivity contribution in [3.63, 3.8) is 0 Å². The first-order valence-electron chi connectivity index (χ1n) is 7.63. The molecule has 0 unspecified atom stereocenters. The van der Waals surface area contributed by atoms with E-state index in [0.717, 1.165) is 32.7 Å². The molecule has 0 radical (unpaired) electrons. The van der Waals surface area contributed by atoms with Crippen molar-refractivity contribution in [2.24, 2.45) is 0 Å². The molecule has 0 fully saturated rings. The van der Waals surface area contributed by atoms with Crippen LogP contribution in [0, 0.1) is 0 Å². The zero-order valence-corrected chi connectivity index (χ0v) is 12.5. The molecule has 0 bridgehead atoms. The molecule has 0 saturated carbocycles. The van der Waals surface area contributed by atoms with E-state index in [0.29, 0.717) is 6.42 Å². The molecule has 112 valence electrons. The second kappa shape index (κ2) is 5.33. The highest BCUT2D eigenvalue weighted by molar-refractivity contribution is 5.91. The van der Waals surface area contributed by atoms with E-state index in [9.17, 15) is 10.2 Å². The lowest BCUT2D eigenvalue weighted by atomic mass is 9.97. The Morgan fingerprint density at radius 1 is 0.522 bits per heavy atom. The van der Waals surface area contributed by atoms with Gasteiger partial charge in [-0.1, -0.05) is 72.8 Å². The van der Waals surface area contributed by atoms with Crippen LogP contribution in [0.1, 0.15) is 11.1 Å². The van der Waals surface area contributed by atoms with Gasteiger partial charge in [-0.05, 0) is 21.9 Å². The van der Waals surface area contributed by atoms with E-state index >= 15 is 0 Å². The van der Waals surface area contributed by atoms with Crippen molar-refractivity contribution in [2.45, 2.75) is 6.42 Å². The molecule has 2 heteroatoms. The first kappa shape index (κ1) is 13.6. The van der Waals surface area contributed by atoms with E-state index in [2.05, 4.69) is 0 Å². The second-order valence-corrected chi connectivity index (χ2v) is 5.77. The van der Waals surface area contributed by atoms with Crippen molar-refractivity contribution in [1.29, 1.82) is 0 Å². The summed E-state index contributed by atoms with van der Waals surface area (Å²) >= 11 is 0. The highest BCUT2D eigenvalue weighted by Crippen LogP contribution is 2.34. The number of benzene rings is 4. The van der Waals surface area contributed by atoms with Gasteiger partial charge in [0.2, 0.25) is 0 Å². The summed E-state index contributed by atoms with van der Waals surface area (Å²) < 4.78 is 0. The summed E-state index contributed by atoms with van der Waals surface area (Å²) in [7, 11) is 0. The number of hydrogen-bond acceptors (Lipinski definition) is 2. The minimum Gasteiger partial charge on any atom is -0.507 e. The van der Waals surface area contributed by atoms with Crippen molar-refractivity contribution in [3.8, 4) is 11.5 Å². The van der Waals surface area contributed by atoms with Crippen molar-refractivity contribution in [3.05, 3.63) is 83.9 Å². The third kappa shape index (κ3) is 2.29. The molecule has 0 aliphatic carbocycles. The Kier molecular flexibility index (Phi) is 3.16. The van der Waals surface area contributed by atoms with Crippen molar-refractivity contribution < 1.29 is 10.2 Å². The average Bonchev–Trinajstić information content (AvgIpc) is 2.60. The fourth-order valence-corrected chi connectivity index (χ4v) is 3.09. The number of rotatable bonds is 2. The van der Waals surface area contributed by atoms with Crippen LogP contribution in [-0.4, -0.2) is 10.2 Å². The van der Waals surface area contributed by atoms with Gasteiger partial charge in [0.05, 0.1) is 0 Å². The van der Waals surface area contributed by atoms with Gasteiger partial charge in [0, 0.05) is 17.2 Å². The van der Waals surface area contributed by atoms with Gasteiger partial charge < -0.3 is 10.2 Å². The monoisotopic (exact) mass is 300 g/mol. The fourth-order valence-electron chi connectivity index (χ4n) is 3.09. The van der Waals surface area contributed by atoms with Crippen molar-refractivity contribution in [1.82, 2.24) is 0 Å². The second-order valence-electron chi connectivity index (χ2n) is 5.77. The smallest absolute Gasteiger partial charge is 0.126 e. The normalized spacial score (nSPS) is 11.1. The molecular weight excluding hydrogens is 284 g/mol. The molecule has 4 aromatic carbocycles. The summed E-state index contributed by atoms with van der Waals surface area (Å²) in [4.78, 5) is 0. The summed E-state index contributed by atoms with van der Waals surface area (Å²) in [5, 5.41) is 24.8. The van der Waals surface area contributed by atoms with Gasteiger partial charge in [-0.2, -0.15) is 0 Å². The molecule has 0 amide bonds. The minimum absolute atomic E-state index is 0.288. The van der Waals surface area contributed by atoms with Crippen LogP contribution in [0.3, 0.4) is 0 Å². The molecule has 0 saturated heterocycles. The van der Waals surface area contributed by atoms with Gasteiger partial charge in [-0.25, -0.2) is 0 Å². The zero-order chi connectivity index (χ0) is 15.8. The minimum atomic E-state index is 0.288. The van der Waals surface area contributed by atoms with Gasteiger partial charge in [0.1, 0.15) is 11.5 Å². The van der Waals surface area contributed by atoms with Crippen molar-refractivity contribution >= 4 is 21.5 Å². The maximum absolute atomic E-state index is 10.5. The predicted molar refractivity (Wildman–Crippen MR) is 94.0 cm³/mol. The third-order valence-corrected chi connectivity index (χ3v) is 4.35. The van der Waals surface area contributed by atoms with E-state index in [1.165, 1.54) is 0 Å². The SMILES string of the molecule is Oc1c(Cc2ccc3ccccc3c2O)ccc2ccccc12. The quantitative estimate of drug-likeness (QED) is 0.547. The highest BCUT2D eigenvalue weighted by atomic mass is 16.3. The average molecular weight is 300 g/mol. The Balaban J connectivity index is 1.82. The van der Waals surface area contributed by atoms with Crippen LogP contribution >= 0.6 is 0 Å². The third-order valence-electron chi connectivity index (χ3n) is 4.35. The Hall–Kier alpha value is -3.00. The number of hydrogen-bond donors (Lipinski definition) is 2. The van der Waals surface area contributed by atoms with Crippen molar-refractivity contribution in [2.75, 3.05) is 0 Å². The lowest BCUT2D eigenvalue weighted by Crippen LogP contribution is -1.91. The lowest BCUT2D eigenvalue weighted by Gasteiger charge is -2.11. The van der Waals surface area contributed by atoms with Crippen LogP contribution in [0.4, 0.5) is 0 Å². The van der Waals surface area contributed by atoms with E-state index in [-0.39, 0.29) is 11.5 Å². The topological polar surface area (TPSA) is 40.5 Å². The summed E-state index contributed by atoms with van der Waals surface area (Å²) in [5.41, 5.74) is 1.63. The first-order chi connectivity index (χ1) is 11.2. The standard InChI is InChI=1S/C21H16O2/c22-20-16(11-9-14-5-1-3-7-18(14)20)13-17-12-10-15-6-2-4-8-19(15)21(17)23/h1-12,22-23H,13H2. The van der Waals surface area contributed by atoms with Crippen LogP contribution in [-0.2, 0) is 6.42 Å². The van der Waals surface area contributed by atoms with Gasteiger partial charge in [-0.3, -0.25) is 0 Å². The van der Waals surface area contributed by atoms with Crippen LogP contribution in [0.5, 0.6) is 11.5 Å². The number of fused-ring (bicyclic) bond motifs is 2. The molecule has 0 aromatic heterocycles. The largest absolute Gasteiger partial charge is 0.507 e. The molecule has 23 heavy (non-hydrogen) atoms. The van der Waals surface area contributed by atoms with E-state index < -0.39 is 0 Å². The summed E-state index contributed by atoms with van der Waals surface area (Å²) in [6.07, 6.45) is 0.493. The Bertz CT molecular complexity index is 935. The molecule has 0 heterocycles. The maximum Gasteiger partial charge on any atom is 0.126 e. The van der Waals surface area contributed by atoms with E-state index in [1.807, 2.05) is 72.8 Å². The van der Waals surface area contributed by atoms with Crippen LogP contribution in [0.15, 0.2) is 72.8 Å². The molecule has 4 aromatic rings. The number of aromatic hydroxyl groups is 2. The van der Waals surface area contributed by atoms with E-state index in [4.69, 9.17) is 0 Å². The predicted octanol–water partition coefficient (Wildman–Crippen LogP) is 5.00. The molecule has 4 rings (SSSR count). The molecule has 0 aliphatic rings. The summed E-state index contributed by atoms with van der Waals surface area (Å²) in [5.74, 6) is 0.575. The Labute approximate surface area is 134 Å². The van der Waals surface area contributed by atoms with Gasteiger partial charge in [-0.15, -0.1) is 0 Å². The van der Waals surface area contributed by atoms with Crippen LogP contribution in [0.25, 0.3) is 21.5 Å². The molecule has 0 aliphatic heterocycles. The Morgan fingerprint density at radius 3 is 1.43 bits per heavy atom. The van der Waals surface area contributed by atoms with Crippen LogP contribution in [0.2, 0.25) is 0 Å². The highest BCUT2D eigenvalue weighted by Gasteiger charge is 2.11. The molecule has 2 nitrogen and oxygen atoms in total. The number of phenolic OH excluding ortho intramolecular Hbond substituents is 2. The summed E-state index contributed by atoms with van der Waals surface area (Å²) in [6.45, 7) is 0. The fraction of sp³-hybridized carbons (Fsp3) is 0.0476. The summed E-state index contributed by atoms with van der Waals surface area (Å²) in [6, 6.07) is 23.4. The maximum atomic E-state index is 10.5. The Morgan fingerprint density at radius 2 is 0.957 bits per heavy atom. The first-order valence-corrected chi connectivity index (χ1v) is 7.63.